The topological polar surface area (TPSA) is 89.3 Å². The number of nitrogens with zero attached hydrogens (tertiary/aromatic N) is 2. The molecule has 4 rings (SSSR count). The van der Waals surface area contributed by atoms with E-state index >= 15 is 0 Å². The first-order chi connectivity index (χ1) is 12.0. The lowest BCUT2D eigenvalue weighted by Crippen LogP contribution is -2.18. The van der Waals surface area contributed by atoms with E-state index in [9.17, 15) is 17.8 Å². The third kappa shape index (κ3) is 2.65. The minimum atomic E-state index is -4.29. The molecule has 0 spiro atoms. The quantitative estimate of drug-likeness (QED) is 0.713. The third-order valence-corrected chi connectivity index (χ3v) is 5.48. The van der Waals surface area contributed by atoms with Crippen molar-refractivity contribution in [2.75, 3.05) is 0 Å². The van der Waals surface area contributed by atoms with Crippen LogP contribution in [0.2, 0.25) is 0 Å². The highest BCUT2D eigenvalue weighted by molar-refractivity contribution is 7.85. The Labute approximate surface area is 144 Å². The van der Waals surface area contributed by atoms with Crippen LogP contribution in [0.3, 0.4) is 0 Å². The lowest BCUT2D eigenvalue weighted by atomic mass is 9.95. The number of carbonyl (C=O) groups excluding carboxylic acids is 1. The van der Waals surface area contributed by atoms with Gasteiger partial charge in [0.25, 0.3) is 16.0 Å². The highest BCUT2D eigenvalue weighted by Gasteiger charge is 2.25. The zero-order chi connectivity index (χ0) is 17.6. The van der Waals surface area contributed by atoms with Gasteiger partial charge in [-0.15, -0.1) is 0 Å². The summed E-state index contributed by atoms with van der Waals surface area (Å²) < 4.78 is 33.9. The SMILES string of the molecule is O=C(c1ccccn1)n1c2c(c3cc(S(=O)(=O)O)ccc31)CCCC2. The molecular formula is C18H16N2O4S. The number of hydrogen-bond donors (Lipinski definition) is 1. The molecule has 2 heterocycles. The molecule has 25 heavy (non-hydrogen) atoms. The summed E-state index contributed by atoms with van der Waals surface area (Å²) in [6, 6.07) is 9.53. The smallest absolute Gasteiger partial charge is 0.282 e. The van der Waals surface area contributed by atoms with E-state index in [1.54, 1.807) is 35.0 Å². The Hall–Kier alpha value is -2.51. The summed E-state index contributed by atoms with van der Waals surface area (Å²) in [5, 5.41) is 0.703. The summed E-state index contributed by atoms with van der Waals surface area (Å²) in [4.78, 5) is 17.0. The van der Waals surface area contributed by atoms with Crippen molar-refractivity contribution < 1.29 is 17.8 Å². The Kier molecular flexibility index (Phi) is 3.70. The first-order valence-electron chi connectivity index (χ1n) is 8.06. The zero-order valence-electron chi connectivity index (χ0n) is 13.3. The van der Waals surface area contributed by atoms with Crippen LogP contribution in [0, 0.1) is 0 Å². The molecule has 0 amide bonds. The van der Waals surface area contributed by atoms with Crippen LogP contribution >= 0.6 is 0 Å². The van der Waals surface area contributed by atoms with E-state index in [1.165, 1.54) is 12.1 Å². The number of pyridine rings is 1. The normalized spacial score (nSPS) is 14.4. The molecular weight excluding hydrogens is 340 g/mol. The first-order valence-corrected chi connectivity index (χ1v) is 9.50. The predicted octanol–water partition coefficient (Wildman–Crippen LogP) is 2.85. The maximum absolute atomic E-state index is 13.0. The predicted molar refractivity (Wildman–Crippen MR) is 92.4 cm³/mol. The molecule has 0 aliphatic heterocycles. The van der Waals surface area contributed by atoms with Crippen LogP contribution in [0.5, 0.6) is 0 Å². The molecule has 0 bridgehead atoms. The van der Waals surface area contributed by atoms with Crippen LogP contribution in [0.4, 0.5) is 0 Å². The van der Waals surface area contributed by atoms with Crippen molar-refractivity contribution in [3.63, 3.8) is 0 Å². The fourth-order valence-corrected chi connectivity index (χ4v) is 4.03. The molecule has 1 N–H and O–H groups in total. The summed E-state index contributed by atoms with van der Waals surface area (Å²) in [6.45, 7) is 0. The second kappa shape index (κ2) is 5.79. The van der Waals surface area contributed by atoms with E-state index in [4.69, 9.17) is 0 Å². The zero-order valence-corrected chi connectivity index (χ0v) is 14.2. The van der Waals surface area contributed by atoms with Crippen LogP contribution in [-0.2, 0) is 23.0 Å². The monoisotopic (exact) mass is 356 g/mol. The fourth-order valence-electron chi connectivity index (χ4n) is 3.52. The van der Waals surface area contributed by atoms with Gasteiger partial charge in [-0.05, 0) is 61.6 Å². The second-order valence-electron chi connectivity index (χ2n) is 6.14. The molecule has 0 saturated heterocycles. The van der Waals surface area contributed by atoms with Crippen LogP contribution in [0.1, 0.15) is 34.6 Å². The largest absolute Gasteiger partial charge is 0.294 e. The summed E-state index contributed by atoms with van der Waals surface area (Å²) in [6.07, 6.45) is 5.07. The Bertz CT molecular complexity index is 1090. The maximum Gasteiger partial charge on any atom is 0.294 e. The number of carbonyl (C=O) groups is 1. The third-order valence-electron chi connectivity index (χ3n) is 4.63. The Morgan fingerprint density at radius 3 is 2.64 bits per heavy atom. The van der Waals surface area contributed by atoms with Gasteiger partial charge in [0.05, 0.1) is 10.4 Å². The van der Waals surface area contributed by atoms with Gasteiger partial charge in [0.15, 0.2) is 0 Å². The molecule has 2 aromatic heterocycles. The maximum atomic E-state index is 13.0. The van der Waals surface area contributed by atoms with Crippen LogP contribution in [0.25, 0.3) is 10.9 Å². The van der Waals surface area contributed by atoms with Gasteiger partial charge in [0, 0.05) is 17.3 Å². The minimum Gasteiger partial charge on any atom is -0.282 e. The van der Waals surface area contributed by atoms with Gasteiger partial charge in [-0.3, -0.25) is 18.9 Å². The van der Waals surface area contributed by atoms with Gasteiger partial charge in [-0.1, -0.05) is 6.07 Å². The number of hydrogen-bond acceptors (Lipinski definition) is 4. The lowest BCUT2D eigenvalue weighted by molar-refractivity contribution is 0.0956. The van der Waals surface area contributed by atoms with E-state index in [-0.39, 0.29) is 10.8 Å². The van der Waals surface area contributed by atoms with Crippen LogP contribution < -0.4 is 0 Å². The number of fused-ring (bicyclic) bond motifs is 3. The molecule has 0 fully saturated rings. The standard InChI is InChI=1S/C18H16N2O4S/c21-18(15-6-3-4-10-19-15)20-16-7-2-1-5-13(16)14-11-12(25(22,23)24)8-9-17(14)20/h3-4,6,8-11H,1-2,5,7H2,(H,22,23,24). The molecule has 6 nitrogen and oxygen atoms in total. The van der Waals surface area contributed by atoms with Gasteiger partial charge in [-0.2, -0.15) is 8.42 Å². The van der Waals surface area contributed by atoms with Gasteiger partial charge >= 0.3 is 0 Å². The van der Waals surface area contributed by atoms with Gasteiger partial charge < -0.3 is 0 Å². The summed E-state index contributed by atoms with van der Waals surface area (Å²) in [5.74, 6) is -0.228. The van der Waals surface area contributed by atoms with Crippen molar-refractivity contribution in [1.82, 2.24) is 9.55 Å². The van der Waals surface area contributed by atoms with Gasteiger partial charge in [0.1, 0.15) is 5.69 Å². The van der Waals surface area contributed by atoms with Gasteiger partial charge in [0.2, 0.25) is 0 Å². The average Bonchev–Trinajstić information content (AvgIpc) is 2.95. The molecule has 0 unspecified atom stereocenters. The van der Waals surface area contributed by atoms with E-state index in [1.807, 2.05) is 0 Å². The van der Waals surface area contributed by atoms with Crippen molar-refractivity contribution in [1.29, 1.82) is 0 Å². The second-order valence-corrected chi connectivity index (χ2v) is 7.56. The highest BCUT2D eigenvalue weighted by atomic mass is 32.2. The number of aryl methyl sites for hydroxylation is 1. The Morgan fingerprint density at radius 1 is 1.12 bits per heavy atom. The van der Waals surface area contributed by atoms with E-state index < -0.39 is 10.1 Å². The molecule has 7 heteroatoms. The molecule has 1 aliphatic carbocycles. The molecule has 1 aliphatic rings. The fraction of sp³-hybridized carbons (Fsp3) is 0.222. The molecule has 0 saturated carbocycles. The van der Waals surface area contributed by atoms with Crippen molar-refractivity contribution in [3.05, 3.63) is 59.5 Å². The molecule has 128 valence electrons. The van der Waals surface area contributed by atoms with Crippen molar-refractivity contribution in [2.24, 2.45) is 0 Å². The van der Waals surface area contributed by atoms with Crippen molar-refractivity contribution >= 4 is 26.9 Å². The van der Waals surface area contributed by atoms with E-state index in [0.29, 0.717) is 16.6 Å². The van der Waals surface area contributed by atoms with Crippen LogP contribution in [0.15, 0.2) is 47.5 Å². The minimum absolute atomic E-state index is 0.157. The molecule has 1 aromatic carbocycles. The lowest BCUT2D eigenvalue weighted by Gasteiger charge is -2.14. The van der Waals surface area contributed by atoms with Crippen molar-refractivity contribution in [3.8, 4) is 0 Å². The van der Waals surface area contributed by atoms with Gasteiger partial charge in [-0.25, -0.2) is 0 Å². The summed E-state index contributed by atoms with van der Waals surface area (Å²) >= 11 is 0. The van der Waals surface area contributed by atoms with Crippen LogP contribution in [-0.4, -0.2) is 28.4 Å². The number of benzene rings is 1. The molecule has 0 radical (unpaired) electrons. The first kappa shape index (κ1) is 16.0. The van der Waals surface area contributed by atoms with E-state index in [2.05, 4.69) is 4.98 Å². The number of aromatic nitrogens is 2. The highest BCUT2D eigenvalue weighted by Crippen LogP contribution is 2.34. The average molecular weight is 356 g/mol. The van der Waals surface area contributed by atoms with Crippen molar-refractivity contribution in [2.45, 2.75) is 30.6 Å². The summed E-state index contributed by atoms with van der Waals surface area (Å²) in [5.41, 5.74) is 2.88. The van der Waals surface area contributed by atoms with E-state index in [0.717, 1.165) is 36.9 Å². The summed E-state index contributed by atoms with van der Waals surface area (Å²) in [7, 11) is -4.29. The molecule has 3 aromatic rings. The molecule has 0 atom stereocenters. The number of rotatable bonds is 2. The Morgan fingerprint density at radius 2 is 1.92 bits per heavy atom. The Balaban J connectivity index is 2.00.